The van der Waals surface area contributed by atoms with Crippen LogP contribution in [0, 0.1) is 30.5 Å². The molecule has 4 aliphatic rings. The van der Waals surface area contributed by atoms with Crippen LogP contribution in [0.15, 0.2) is 29.4 Å². The van der Waals surface area contributed by atoms with Gasteiger partial charge in [-0.15, -0.1) is 5.10 Å². The average Bonchev–Trinajstić information content (AvgIpc) is 3.10. The summed E-state index contributed by atoms with van der Waals surface area (Å²) in [5, 5.41) is 7.59. The molecule has 6 rings (SSSR count). The molecule has 1 heterocycles. The largest absolute Gasteiger partial charge is 0.332 e. The number of hydrogen-bond donors (Lipinski definition) is 1. The molecule has 5 nitrogen and oxygen atoms in total. The molecule has 1 aromatic heterocycles. The Morgan fingerprint density at radius 1 is 1.17 bits per heavy atom. The number of aryl methyl sites for hydroxylation is 1. The van der Waals surface area contributed by atoms with Gasteiger partial charge in [0.15, 0.2) is 0 Å². The molecule has 29 heavy (non-hydrogen) atoms. The standard InChI is InChI=1S/C22H27FN4OS/c1-14-24-21(26-25-14)29-13-20(28)27(12-15-2-4-19(23)5-3-15)22-9-16-6-17(10-22)8-18(7-16)11-22/h2-5,16-18H,6-13H2,1H3,(H,24,25,26). The van der Waals surface area contributed by atoms with Crippen molar-refractivity contribution in [1.82, 2.24) is 20.1 Å². The molecule has 0 spiro atoms. The molecule has 4 saturated carbocycles. The van der Waals surface area contributed by atoms with Crippen molar-refractivity contribution in [2.24, 2.45) is 17.8 Å². The number of carbonyl (C=O) groups excluding carboxylic acids is 1. The van der Waals surface area contributed by atoms with Crippen LogP contribution in [0.1, 0.15) is 49.9 Å². The first-order valence-electron chi connectivity index (χ1n) is 10.6. The summed E-state index contributed by atoms with van der Waals surface area (Å²) in [4.78, 5) is 19.9. The fraction of sp³-hybridized carbons (Fsp3) is 0.591. The number of aromatic nitrogens is 3. The van der Waals surface area contributed by atoms with Crippen LogP contribution in [0.3, 0.4) is 0 Å². The summed E-state index contributed by atoms with van der Waals surface area (Å²) in [7, 11) is 0. The molecular formula is C22H27FN4OS. The van der Waals surface area contributed by atoms with Gasteiger partial charge in [0.1, 0.15) is 11.6 Å². The highest BCUT2D eigenvalue weighted by molar-refractivity contribution is 7.99. The fourth-order valence-corrected chi connectivity index (χ4v) is 7.00. The number of rotatable bonds is 6. The van der Waals surface area contributed by atoms with E-state index in [0.29, 0.717) is 17.5 Å². The molecule has 4 bridgehead atoms. The van der Waals surface area contributed by atoms with E-state index < -0.39 is 0 Å². The number of aromatic amines is 1. The van der Waals surface area contributed by atoms with E-state index in [1.165, 1.54) is 43.2 Å². The smallest absolute Gasteiger partial charge is 0.233 e. The Morgan fingerprint density at radius 2 is 1.79 bits per heavy atom. The second-order valence-corrected chi connectivity index (χ2v) is 10.2. The van der Waals surface area contributed by atoms with Crippen molar-refractivity contribution < 1.29 is 9.18 Å². The number of nitrogens with zero attached hydrogens (tertiary/aromatic N) is 3. The topological polar surface area (TPSA) is 61.9 Å². The predicted octanol–water partition coefficient (Wildman–Crippen LogP) is 4.34. The summed E-state index contributed by atoms with van der Waals surface area (Å²) in [6, 6.07) is 6.59. The van der Waals surface area contributed by atoms with Crippen molar-refractivity contribution in [1.29, 1.82) is 0 Å². The minimum absolute atomic E-state index is 0.0320. The molecule has 1 N–H and O–H groups in total. The van der Waals surface area contributed by atoms with E-state index in [2.05, 4.69) is 20.1 Å². The van der Waals surface area contributed by atoms with E-state index in [9.17, 15) is 9.18 Å². The summed E-state index contributed by atoms with van der Waals surface area (Å²) >= 11 is 1.39. The molecule has 0 unspecified atom stereocenters. The number of carbonyl (C=O) groups is 1. The maximum absolute atomic E-state index is 13.5. The highest BCUT2D eigenvalue weighted by Gasteiger charge is 2.54. The van der Waals surface area contributed by atoms with Gasteiger partial charge in [-0.2, -0.15) is 0 Å². The molecule has 0 saturated heterocycles. The quantitative estimate of drug-likeness (QED) is 0.714. The molecule has 0 radical (unpaired) electrons. The third-order valence-corrected chi connectivity index (χ3v) is 7.87. The Morgan fingerprint density at radius 3 is 2.34 bits per heavy atom. The molecule has 1 aromatic carbocycles. The summed E-state index contributed by atoms with van der Waals surface area (Å²) in [5.41, 5.74) is 0.963. The molecular weight excluding hydrogens is 387 g/mol. The van der Waals surface area contributed by atoms with Gasteiger partial charge in [0.2, 0.25) is 11.1 Å². The van der Waals surface area contributed by atoms with E-state index >= 15 is 0 Å². The molecule has 0 aliphatic heterocycles. The zero-order chi connectivity index (χ0) is 20.0. The Kier molecular flexibility index (Phi) is 4.88. The van der Waals surface area contributed by atoms with Crippen LogP contribution in [-0.2, 0) is 11.3 Å². The van der Waals surface area contributed by atoms with Crippen LogP contribution in [0.5, 0.6) is 0 Å². The van der Waals surface area contributed by atoms with Crippen molar-refractivity contribution in [3.63, 3.8) is 0 Å². The van der Waals surface area contributed by atoms with Gasteiger partial charge in [0, 0.05) is 12.1 Å². The Hall–Kier alpha value is -1.89. The molecule has 154 valence electrons. The average molecular weight is 415 g/mol. The van der Waals surface area contributed by atoms with Crippen molar-refractivity contribution in [3.05, 3.63) is 41.5 Å². The Labute approximate surface area is 174 Å². The fourth-order valence-electron chi connectivity index (χ4n) is 6.28. The molecule has 0 atom stereocenters. The first kappa shape index (κ1) is 19.1. The minimum atomic E-state index is -0.239. The zero-order valence-electron chi connectivity index (χ0n) is 16.7. The van der Waals surface area contributed by atoms with Gasteiger partial charge in [0.25, 0.3) is 0 Å². The van der Waals surface area contributed by atoms with Gasteiger partial charge in [-0.25, -0.2) is 9.37 Å². The summed E-state index contributed by atoms with van der Waals surface area (Å²) in [6.07, 6.45) is 7.37. The SMILES string of the molecule is Cc1nc(SCC(=O)N(Cc2ccc(F)cc2)C23CC4CC(CC(C4)C2)C3)n[nH]1. The Bertz CT molecular complexity index is 861. The normalized spacial score (nSPS) is 29.9. The number of amides is 1. The van der Waals surface area contributed by atoms with Gasteiger partial charge in [0.05, 0.1) is 5.75 Å². The van der Waals surface area contributed by atoms with Crippen LogP contribution in [-0.4, -0.2) is 37.3 Å². The van der Waals surface area contributed by atoms with Crippen LogP contribution in [0.4, 0.5) is 4.39 Å². The summed E-state index contributed by atoms with van der Waals surface area (Å²) in [6.45, 7) is 2.41. The van der Waals surface area contributed by atoms with Gasteiger partial charge < -0.3 is 4.90 Å². The maximum Gasteiger partial charge on any atom is 0.233 e. The van der Waals surface area contributed by atoms with E-state index in [-0.39, 0.29) is 17.3 Å². The van der Waals surface area contributed by atoms with E-state index in [1.54, 1.807) is 0 Å². The van der Waals surface area contributed by atoms with Crippen LogP contribution < -0.4 is 0 Å². The molecule has 4 fully saturated rings. The number of H-pyrrole nitrogens is 1. The minimum Gasteiger partial charge on any atom is -0.332 e. The van der Waals surface area contributed by atoms with E-state index in [0.717, 1.165) is 48.4 Å². The van der Waals surface area contributed by atoms with Crippen LogP contribution in [0.25, 0.3) is 0 Å². The zero-order valence-corrected chi connectivity index (χ0v) is 17.6. The van der Waals surface area contributed by atoms with Crippen LogP contribution in [0.2, 0.25) is 0 Å². The highest BCUT2D eigenvalue weighted by Crippen LogP contribution is 2.58. The van der Waals surface area contributed by atoms with Gasteiger partial charge in [-0.05, 0) is 80.9 Å². The summed E-state index contributed by atoms with van der Waals surface area (Å²) in [5.74, 6) is 3.26. The first-order valence-corrected chi connectivity index (χ1v) is 11.5. The number of thioether (sulfide) groups is 1. The van der Waals surface area contributed by atoms with Gasteiger partial charge in [-0.1, -0.05) is 23.9 Å². The van der Waals surface area contributed by atoms with Crippen molar-refractivity contribution in [2.45, 2.75) is 62.7 Å². The van der Waals surface area contributed by atoms with E-state index in [1.807, 2.05) is 19.1 Å². The van der Waals surface area contributed by atoms with Crippen molar-refractivity contribution in [3.8, 4) is 0 Å². The molecule has 2 aromatic rings. The van der Waals surface area contributed by atoms with Crippen molar-refractivity contribution in [2.75, 3.05) is 5.75 Å². The first-order chi connectivity index (χ1) is 14.0. The second kappa shape index (κ2) is 7.42. The third-order valence-electron chi connectivity index (χ3n) is 7.03. The third kappa shape index (κ3) is 3.81. The summed E-state index contributed by atoms with van der Waals surface area (Å²) < 4.78 is 13.4. The molecule has 1 amide bonds. The lowest BCUT2D eigenvalue weighted by Gasteiger charge is -2.60. The monoisotopic (exact) mass is 414 g/mol. The lowest BCUT2D eigenvalue weighted by molar-refractivity contribution is -0.149. The number of nitrogens with one attached hydrogen (secondary N) is 1. The second-order valence-electron chi connectivity index (χ2n) is 9.24. The number of benzene rings is 1. The predicted molar refractivity (Wildman–Crippen MR) is 110 cm³/mol. The molecule has 4 aliphatic carbocycles. The lowest BCUT2D eigenvalue weighted by atomic mass is 9.52. The highest BCUT2D eigenvalue weighted by atomic mass is 32.2. The Balaban J connectivity index is 1.39. The number of halogens is 1. The lowest BCUT2D eigenvalue weighted by Crippen LogP contribution is -2.61. The van der Waals surface area contributed by atoms with Gasteiger partial charge >= 0.3 is 0 Å². The van der Waals surface area contributed by atoms with Gasteiger partial charge in [-0.3, -0.25) is 9.89 Å². The van der Waals surface area contributed by atoms with Crippen LogP contribution >= 0.6 is 11.8 Å². The maximum atomic E-state index is 13.5. The van der Waals surface area contributed by atoms with E-state index in [4.69, 9.17) is 0 Å². The van der Waals surface area contributed by atoms with Crippen molar-refractivity contribution >= 4 is 17.7 Å². The molecule has 7 heteroatoms. The number of hydrogen-bond acceptors (Lipinski definition) is 4.